The van der Waals surface area contributed by atoms with Crippen LogP contribution < -0.4 is 16.2 Å². The van der Waals surface area contributed by atoms with E-state index in [1.807, 2.05) is 36.4 Å². The average molecular weight is 488 g/mol. The number of aryl methyl sites for hydroxylation is 1. The van der Waals surface area contributed by atoms with Crippen molar-refractivity contribution in [2.45, 2.75) is 25.7 Å². The SMILES string of the molecule is CCc1cc(OCCOC)cc(C(Cc2ccc(C(=N)N)cc2)c2nn(-c3ncccn3)c(=O)[nH]2)c1. The minimum Gasteiger partial charge on any atom is -0.491 e. The molecule has 0 fully saturated rings. The Morgan fingerprint density at radius 3 is 2.53 bits per heavy atom. The van der Waals surface area contributed by atoms with Crippen molar-refractivity contribution in [3.8, 4) is 11.7 Å². The Bertz CT molecular complexity index is 1360. The Morgan fingerprint density at radius 2 is 1.86 bits per heavy atom. The average Bonchev–Trinajstić information content (AvgIpc) is 3.29. The zero-order chi connectivity index (χ0) is 25.5. The van der Waals surface area contributed by atoms with Crippen molar-refractivity contribution in [3.05, 3.63) is 99.5 Å². The molecule has 186 valence electrons. The number of aromatic amines is 1. The molecule has 0 saturated carbocycles. The number of hydrogen-bond acceptors (Lipinski definition) is 7. The maximum Gasteiger partial charge on any atom is 0.350 e. The lowest BCUT2D eigenvalue weighted by Crippen LogP contribution is -2.18. The number of ether oxygens (including phenoxy) is 2. The predicted molar refractivity (Wildman–Crippen MR) is 136 cm³/mol. The maximum absolute atomic E-state index is 12.8. The topological polar surface area (TPSA) is 145 Å². The first-order chi connectivity index (χ1) is 17.5. The molecule has 10 heteroatoms. The number of H-pyrrole nitrogens is 1. The fourth-order valence-electron chi connectivity index (χ4n) is 3.88. The van der Waals surface area contributed by atoms with Crippen molar-refractivity contribution in [1.82, 2.24) is 24.7 Å². The second kappa shape index (κ2) is 11.4. The molecule has 0 amide bonds. The number of hydrogen-bond donors (Lipinski definition) is 3. The van der Waals surface area contributed by atoms with Gasteiger partial charge in [-0.2, -0.15) is 0 Å². The van der Waals surface area contributed by atoms with Gasteiger partial charge in [-0.15, -0.1) is 9.78 Å². The molecule has 4 aromatic rings. The van der Waals surface area contributed by atoms with Gasteiger partial charge in [-0.1, -0.05) is 37.3 Å². The molecule has 0 aliphatic heterocycles. The van der Waals surface area contributed by atoms with Gasteiger partial charge >= 0.3 is 5.69 Å². The molecule has 0 aliphatic carbocycles. The minimum atomic E-state index is -0.420. The molecule has 0 bridgehead atoms. The van der Waals surface area contributed by atoms with Crippen molar-refractivity contribution < 1.29 is 9.47 Å². The van der Waals surface area contributed by atoms with Crippen LogP contribution in [0.5, 0.6) is 5.75 Å². The smallest absolute Gasteiger partial charge is 0.350 e. The molecule has 0 saturated heterocycles. The molecule has 4 rings (SSSR count). The summed E-state index contributed by atoms with van der Waals surface area (Å²) in [6.07, 6.45) is 4.49. The van der Waals surface area contributed by atoms with Crippen LogP contribution in [0.25, 0.3) is 5.95 Å². The molecular formula is C26H29N7O3. The van der Waals surface area contributed by atoms with Crippen LogP contribution in [0.3, 0.4) is 0 Å². The normalized spacial score (nSPS) is 11.8. The number of methoxy groups -OCH3 is 1. The zero-order valence-electron chi connectivity index (χ0n) is 20.3. The van der Waals surface area contributed by atoms with E-state index in [4.69, 9.17) is 20.6 Å². The van der Waals surface area contributed by atoms with E-state index in [2.05, 4.69) is 33.0 Å². The van der Waals surface area contributed by atoms with Crippen molar-refractivity contribution in [2.75, 3.05) is 20.3 Å². The largest absolute Gasteiger partial charge is 0.491 e. The fraction of sp³-hybridized carbons (Fsp3) is 0.269. The molecule has 0 aliphatic rings. The Hall–Kier alpha value is -4.31. The molecule has 1 atom stereocenters. The highest BCUT2D eigenvalue weighted by Gasteiger charge is 2.23. The summed E-state index contributed by atoms with van der Waals surface area (Å²) < 4.78 is 12.2. The molecule has 4 N–H and O–H groups in total. The monoisotopic (exact) mass is 487 g/mol. The molecule has 0 radical (unpaired) electrons. The maximum atomic E-state index is 12.8. The van der Waals surface area contributed by atoms with Crippen LogP contribution in [0.15, 0.2) is 65.7 Å². The molecule has 2 aromatic carbocycles. The third-order valence-electron chi connectivity index (χ3n) is 5.77. The molecule has 2 aromatic heterocycles. The predicted octanol–water partition coefficient (Wildman–Crippen LogP) is 2.60. The summed E-state index contributed by atoms with van der Waals surface area (Å²) in [5, 5.41) is 12.2. The lowest BCUT2D eigenvalue weighted by atomic mass is 9.89. The molecule has 0 spiro atoms. The van der Waals surface area contributed by atoms with Crippen molar-refractivity contribution in [3.63, 3.8) is 0 Å². The number of rotatable bonds is 11. The van der Waals surface area contributed by atoms with E-state index in [1.165, 1.54) is 4.68 Å². The van der Waals surface area contributed by atoms with Gasteiger partial charge in [0.2, 0.25) is 0 Å². The van der Waals surface area contributed by atoms with Crippen LogP contribution in [0.2, 0.25) is 0 Å². The summed E-state index contributed by atoms with van der Waals surface area (Å²) in [4.78, 5) is 24.0. The zero-order valence-corrected chi connectivity index (χ0v) is 20.3. The van der Waals surface area contributed by atoms with Gasteiger partial charge in [0.05, 0.1) is 6.61 Å². The second-order valence-electron chi connectivity index (χ2n) is 8.25. The van der Waals surface area contributed by atoms with Crippen LogP contribution in [-0.2, 0) is 17.6 Å². The number of nitrogens with one attached hydrogen (secondary N) is 2. The number of nitrogens with zero attached hydrogens (tertiary/aromatic N) is 4. The van der Waals surface area contributed by atoms with Gasteiger partial charge in [0.25, 0.3) is 5.95 Å². The summed E-state index contributed by atoms with van der Waals surface area (Å²) in [7, 11) is 1.63. The van der Waals surface area contributed by atoms with E-state index in [1.54, 1.807) is 25.6 Å². The second-order valence-corrected chi connectivity index (χ2v) is 8.25. The molecular weight excluding hydrogens is 458 g/mol. The van der Waals surface area contributed by atoms with Gasteiger partial charge in [-0.05, 0) is 47.7 Å². The number of nitrogen functional groups attached to an aromatic ring is 1. The van der Waals surface area contributed by atoms with Crippen LogP contribution in [0.1, 0.15) is 40.9 Å². The third kappa shape index (κ3) is 5.84. The molecule has 2 heterocycles. The van der Waals surface area contributed by atoms with Crippen LogP contribution in [0.4, 0.5) is 0 Å². The Labute approximate surface area is 208 Å². The Morgan fingerprint density at radius 1 is 1.11 bits per heavy atom. The van der Waals surface area contributed by atoms with Gasteiger partial charge in [0, 0.05) is 31.0 Å². The van der Waals surface area contributed by atoms with Gasteiger partial charge in [-0.25, -0.2) is 14.8 Å². The van der Waals surface area contributed by atoms with E-state index in [0.29, 0.717) is 31.0 Å². The lowest BCUT2D eigenvalue weighted by molar-refractivity contribution is 0.146. The first-order valence-corrected chi connectivity index (χ1v) is 11.6. The Balaban J connectivity index is 1.77. The standard InChI is InChI=1S/C26H29N7O3/c1-3-17-13-20(16-21(14-17)36-12-11-35-2)22(15-18-5-7-19(8-6-18)23(27)28)24-31-26(34)33(32-24)25-29-9-4-10-30-25/h4-10,13-14,16,22H,3,11-12,15H2,1-2H3,(H3,27,28)(H,31,32,34). The minimum absolute atomic E-state index is 0.0116. The van der Waals surface area contributed by atoms with Gasteiger partial charge in [-0.3, -0.25) is 10.4 Å². The van der Waals surface area contributed by atoms with Gasteiger partial charge in [0.15, 0.2) is 0 Å². The molecule has 10 nitrogen and oxygen atoms in total. The lowest BCUT2D eigenvalue weighted by Gasteiger charge is -2.18. The summed E-state index contributed by atoms with van der Waals surface area (Å²) in [5.74, 6) is 1.13. The molecule has 36 heavy (non-hydrogen) atoms. The number of aromatic nitrogens is 5. The van der Waals surface area contributed by atoms with Gasteiger partial charge < -0.3 is 15.2 Å². The number of benzene rings is 2. The van der Waals surface area contributed by atoms with E-state index in [-0.39, 0.29) is 17.7 Å². The number of nitrogens with two attached hydrogens (primary N) is 1. The highest BCUT2D eigenvalue weighted by molar-refractivity contribution is 5.94. The summed E-state index contributed by atoms with van der Waals surface area (Å²) in [6, 6.07) is 15.3. The van der Waals surface area contributed by atoms with E-state index in [0.717, 1.165) is 28.9 Å². The highest BCUT2D eigenvalue weighted by atomic mass is 16.5. The fourth-order valence-corrected chi connectivity index (χ4v) is 3.88. The van der Waals surface area contributed by atoms with E-state index in [9.17, 15) is 4.79 Å². The Kier molecular flexibility index (Phi) is 7.86. The quantitative estimate of drug-likeness (QED) is 0.167. The number of amidine groups is 1. The highest BCUT2D eigenvalue weighted by Crippen LogP contribution is 2.30. The van der Waals surface area contributed by atoms with E-state index >= 15 is 0 Å². The molecule has 1 unspecified atom stereocenters. The van der Waals surface area contributed by atoms with E-state index < -0.39 is 5.69 Å². The van der Waals surface area contributed by atoms with Crippen molar-refractivity contribution in [2.24, 2.45) is 5.73 Å². The van der Waals surface area contributed by atoms with Gasteiger partial charge in [0.1, 0.15) is 24.0 Å². The van der Waals surface area contributed by atoms with Crippen molar-refractivity contribution in [1.29, 1.82) is 5.41 Å². The van der Waals surface area contributed by atoms with Crippen LogP contribution in [-0.4, -0.2) is 50.9 Å². The summed E-state index contributed by atoms with van der Waals surface area (Å²) in [5.41, 5.74) is 8.90. The first kappa shape index (κ1) is 24.8. The summed E-state index contributed by atoms with van der Waals surface area (Å²) >= 11 is 0. The first-order valence-electron chi connectivity index (χ1n) is 11.6. The van der Waals surface area contributed by atoms with Crippen LogP contribution in [0, 0.1) is 5.41 Å². The third-order valence-corrected chi connectivity index (χ3v) is 5.77. The van der Waals surface area contributed by atoms with Crippen molar-refractivity contribution >= 4 is 5.84 Å². The van der Waals surface area contributed by atoms with Crippen LogP contribution >= 0.6 is 0 Å². The summed E-state index contributed by atoms with van der Waals surface area (Å²) in [6.45, 7) is 2.99.